The highest BCUT2D eigenvalue weighted by molar-refractivity contribution is 5.44. The molecule has 4 nitrogen and oxygen atoms in total. The van der Waals surface area contributed by atoms with Crippen molar-refractivity contribution in [2.24, 2.45) is 0 Å². The molecule has 168 valence electrons. The average Bonchev–Trinajstić information content (AvgIpc) is 2.73. The lowest BCUT2D eigenvalue weighted by Gasteiger charge is -2.48. The number of alkyl halides is 3. The summed E-state index contributed by atoms with van der Waals surface area (Å²) in [5.41, 5.74) is 0.539. The molecule has 0 amide bonds. The quantitative estimate of drug-likeness (QED) is 0.526. The minimum absolute atomic E-state index is 0.0519. The topological polar surface area (TPSA) is 30.9 Å². The van der Waals surface area contributed by atoms with Crippen molar-refractivity contribution in [3.05, 3.63) is 59.7 Å². The van der Waals surface area contributed by atoms with Crippen LogP contribution in [0, 0.1) is 0 Å². The molecule has 0 aliphatic carbocycles. The van der Waals surface area contributed by atoms with Gasteiger partial charge < -0.3 is 14.2 Å². The van der Waals surface area contributed by atoms with Crippen LogP contribution in [0.15, 0.2) is 48.5 Å². The molecule has 2 aromatic carbocycles. The van der Waals surface area contributed by atoms with E-state index in [1.807, 2.05) is 6.07 Å². The third-order valence-corrected chi connectivity index (χ3v) is 6.19. The van der Waals surface area contributed by atoms with Gasteiger partial charge in [0.15, 0.2) is 18.3 Å². The standard InChI is InChI=1S/C24H28F3NO3/c1-29-16-30-23-12-18(24(25,26)27)10-11-22(23)31-21-13-19-8-5-9-20(14-21)28(19)15-17-6-3-2-4-7-17/h2-4,6-7,10-12,19-21H,5,8-9,13-16H2,1H3/t19-,20+,21+. The molecule has 2 aliphatic rings. The summed E-state index contributed by atoms with van der Waals surface area (Å²) in [6.45, 7) is 0.782. The number of piperidine rings is 2. The molecule has 2 aliphatic heterocycles. The fourth-order valence-electron chi connectivity index (χ4n) is 4.77. The second-order valence-electron chi connectivity index (χ2n) is 8.32. The van der Waals surface area contributed by atoms with Crippen LogP contribution in [0.2, 0.25) is 0 Å². The van der Waals surface area contributed by atoms with Crippen LogP contribution in [0.1, 0.15) is 43.2 Å². The number of methoxy groups -OCH3 is 1. The molecule has 3 atom stereocenters. The smallest absolute Gasteiger partial charge is 0.416 e. The molecule has 7 heteroatoms. The first kappa shape index (κ1) is 22.0. The molecular weight excluding hydrogens is 407 g/mol. The average molecular weight is 435 g/mol. The van der Waals surface area contributed by atoms with Gasteiger partial charge >= 0.3 is 6.18 Å². The minimum Gasteiger partial charge on any atom is -0.486 e. The van der Waals surface area contributed by atoms with Gasteiger partial charge in [-0.05, 0) is 49.4 Å². The predicted octanol–water partition coefficient (Wildman–Crippen LogP) is 5.65. The Hall–Kier alpha value is -2.25. The van der Waals surface area contributed by atoms with Gasteiger partial charge in [-0.25, -0.2) is 0 Å². The summed E-state index contributed by atoms with van der Waals surface area (Å²) in [5, 5.41) is 0. The van der Waals surface area contributed by atoms with Crippen molar-refractivity contribution in [2.75, 3.05) is 13.9 Å². The van der Waals surface area contributed by atoms with Crippen molar-refractivity contribution >= 4 is 0 Å². The summed E-state index contributed by atoms with van der Waals surface area (Å²) < 4.78 is 55.9. The van der Waals surface area contributed by atoms with E-state index in [0.717, 1.165) is 44.4 Å². The van der Waals surface area contributed by atoms with Crippen LogP contribution in [0.25, 0.3) is 0 Å². The van der Waals surface area contributed by atoms with Crippen LogP contribution < -0.4 is 9.47 Å². The lowest BCUT2D eigenvalue weighted by Crippen LogP contribution is -2.53. The number of hydrogen-bond donors (Lipinski definition) is 0. The Bertz CT molecular complexity index is 845. The highest BCUT2D eigenvalue weighted by Gasteiger charge is 2.39. The van der Waals surface area contributed by atoms with E-state index in [1.165, 1.54) is 25.2 Å². The summed E-state index contributed by atoms with van der Waals surface area (Å²) in [6.07, 6.45) is 0.650. The van der Waals surface area contributed by atoms with Crippen molar-refractivity contribution in [1.82, 2.24) is 4.90 Å². The zero-order valence-corrected chi connectivity index (χ0v) is 17.6. The Balaban J connectivity index is 1.48. The van der Waals surface area contributed by atoms with Gasteiger partial charge in [0.1, 0.15) is 6.10 Å². The number of rotatable bonds is 7. The summed E-state index contributed by atoms with van der Waals surface area (Å²) in [6, 6.07) is 14.7. The second kappa shape index (κ2) is 9.49. The number of nitrogens with zero attached hydrogens (tertiary/aromatic N) is 1. The zero-order valence-electron chi connectivity index (χ0n) is 17.6. The van der Waals surface area contributed by atoms with Crippen LogP contribution >= 0.6 is 0 Å². The van der Waals surface area contributed by atoms with Gasteiger partial charge in [0.2, 0.25) is 0 Å². The number of hydrogen-bond acceptors (Lipinski definition) is 4. The van der Waals surface area contributed by atoms with Gasteiger partial charge in [-0.1, -0.05) is 36.8 Å². The molecule has 2 aromatic rings. The molecular formula is C24H28F3NO3. The highest BCUT2D eigenvalue weighted by Crippen LogP contribution is 2.40. The van der Waals surface area contributed by atoms with Crippen molar-refractivity contribution in [3.8, 4) is 11.5 Å². The van der Waals surface area contributed by atoms with Gasteiger partial charge in [-0.15, -0.1) is 0 Å². The molecule has 0 aromatic heterocycles. The number of ether oxygens (including phenoxy) is 3. The molecule has 2 saturated heterocycles. The molecule has 0 N–H and O–H groups in total. The van der Waals surface area contributed by atoms with Crippen molar-refractivity contribution in [3.63, 3.8) is 0 Å². The lowest BCUT2D eigenvalue weighted by molar-refractivity contribution is -0.137. The van der Waals surface area contributed by atoms with Crippen molar-refractivity contribution < 1.29 is 27.4 Å². The van der Waals surface area contributed by atoms with E-state index in [-0.39, 0.29) is 18.6 Å². The summed E-state index contributed by atoms with van der Waals surface area (Å²) >= 11 is 0. The van der Waals surface area contributed by atoms with Crippen LogP contribution in [0.5, 0.6) is 11.5 Å². The fraction of sp³-hybridized carbons (Fsp3) is 0.500. The number of benzene rings is 2. The van der Waals surface area contributed by atoms with Crippen LogP contribution in [-0.4, -0.2) is 37.0 Å². The zero-order chi connectivity index (χ0) is 21.8. The van der Waals surface area contributed by atoms with E-state index in [9.17, 15) is 13.2 Å². The van der Waals surface area contributed by atoms with Gasteiger partial charge in [0.25, 0.3) is 0 Å². The van der Waals surface area contributed by atoms with E-state index in [0.29, 0.717) is 17.8 Å². The Morgan fingerprint density at radius 2 is 1.68 bits per heavy atom. The molecule has 4 rings (SSSR count). The third-order valence-electron chi connectivity index (χ3n) is 6.19. The molecule has 2 heterocycles. The molecule has 0 spiro atoms. The first-order valence-electron chi connectivity index (χ1n) is 10.7. The number of fused-ring (bicyclic) bond motifs is 2. The summed E-state index contributed by atoms with van der Waals surface area (Å²) in [7, 11) is 1.43. The normalized spacial score (nSPS) is 24.1. The number of halogens is 3. The van der Waals surface area contributed by atoms with Crippen molar-refractivity contribution in [2.45, 2.75) is 63.0 Å². The maximum absolute atomic E-state index is 13.1. The van der Waals surface area contributed by atoms with Crippen LogP contribution in [0.4, 0.5) is 13.2 Å². The Labute approximate surface area is 180 Å². The van der Waals surface area contributed by atoms with Gasteiger partial charge in [0, 0.05) is 25.7 Å². The fourth-order valence-corrected chi connectivity index (χ4v) is 4.77. The highest BCUT2D eigenvalue weighted by atomic mass is 19.4. The molecule has 2 fully saturated rings. The van der Waals surface area contributed by atoms with Crippen LogP contribution in [-0.2, 0) is 17.5 Å². The van der Waals surface area contributed by atoms with E-state index >= 15 is 0 Å². The Kier molecular flexibility index (Phi) is 6.72. The largest absolute Gasteiger partial charge is 0.486 e. The van der Waals surface area contributed by atoms with Gasteiger partial charge in [-0.2, -0.15) is 13.2 Å². The molecule has 31 heavy (non-hydrogen) atoms. The molecule has 0 radical (unpaired) electrons. The van der Waals surface area contributed by atoms with Gasteiger partial charge in [-0.3, -0.25) is 4.90 Å². The first-order chi connectivity index (χ1) is 14.9. The molecule has 2 bridgehead atoms. The molecule has 0 unspecified atom stereocenters. The van der Waals surface area contributed by atoms with E-state index in [4.69, 9.17) is 14.2 Å². The lowest BCUT2D eigenvalue weighted by atomic mass is 9.82. The van der Waals surface area contributed by atoms with Crippen molar-refractivity contribution in [1.29, 1.82) is 0 Å². The predicted molar refractivity (Wildman–Crippen MR) is 111 cm³/mol. The van der Waals surface area contributed by atoms with Gasteiger partial charge in [0.05, 0.1) is 5.56 Å². The Morgan fingerprint density at radius 1 is 0.968 bits per heavy atom. The van der Waals surface area contributed by atoms with E-state index < -0.39 is 11.7 Å². The maximum Gasteiger partial charge on any atom is 0.416 e. The summed E-state index contributed by atoms with van der Waals surface area (Å²) in [5.74, 6) is 0.401. The third kappa shape index (κ3) is 5.33. The maximum atomic E-state index is 13.1. The second-order valence-corrected chi connectivity index (χ2v) is 8.32. The van der Waals surface area contributed by atoms with E-state index in [2.05, 4.69) is 29.2 Å². The monoisotopic (exact) mass is 435 g/mol. The summed E-state index contributed by atoms with van der Waals surface area (Å²) in [4.78, 5) is 2.58. The molecule has 0 saturated carbocycles. The Morgan fingerprint density at radius 3 is 2.32 bits per heavy atom. The van der Waals surface area contributed by atoms with E-state index in [1.54, 1.807) is 0 Å². The SMILES string of the molecule is COCOc1cc(C(F)(F)F)ccc1O[C@H]1C[C@H]2CCC[C@@H](C1)N2Cc1ccccc1. The minimum atomic E-state index is -4.44. The van der Waals surface area contributed by atoms with Crippen LogP contribution in [0.3, 0.4) is 0 Å². The first-order valence-corrected chi connectivity index (χ1v) is 10.7.